The van der Waals surface area contributed by atoms with Crippen molar-refractivity contribution >= 4 is 27.5 Å². The number of carboxylic acid groups (broad SMARTS) is 1. The minimum absolute atomic E-state index is 0.256. The van der Waals surface area contributed by atoms with Crippen molar-refractivity contribution in [3.8, 4) is 0 Å². The van der Waals surface area contributed by atoms with Crippen LogP contribution >= 0.6 is 11.3 Å². The van der Waals surface area contributed by atoms with Crippen LogP contribution < -0.4 is 5.56 Å². The Labute approximate surface area is 139 Å². The molecule has 0 saturated heterocycles. The second-order valence-corrected chi connectivity index (χ2v) is 6.85. The van der Waals surface area contributed by atoms with Crippen molar-refractivity contribution in [1.29, 1.82) is 0 Å². The lowest BCUT2D eigenvalue weighted by Crippen LogP contribution is -2.35. The van der Waals surface area contributed by atoms with E-state index in [1.807, 2.05) is 27.7 Å². The molecule has 0 saturated carbocycles. The molecular formula is C16H23N3O3S. The second-order valence-electron chi connectivity index (χ2n) is 5.64. The highest BCUT2D eigenvalue weighted by Crippen LogP contribution is 2.27. The molecule has 126 valence electrons. The molecule has 0 aliphatic heterocycles. The van der Waals surface area contributed by atoms with E-state index in [-0.39, 0.29) is 5.56 Å². The van der Waals surface area contributed by atoms with Crippen molar-refractivity contribution < 1.29 is 9.90 Å². The van der Waals surface area contributed by atoms with Gasteiger partial charge in [-0.1, -0.05) is 13.8 Å². The van der Waals surface area contributed by atoms with Crippen molar-refractivity contribution in [2.45, 2.75) is 47.2 Å². The third-order valence-electron chi connectivity index (χ3n) is 4.31. The average Bonchev–Trinajstić information content (AvgIpc) is 2.79. The Kier molecular flexibility index (Phi) is 5.21. The number of rotatable bonds is 6. The number of aromatic nitrogens is 2. The summed E-state index contributed by atoms with van der Waals surface area (Å²) in [5.41, 5.74) is 0.636. The smallest absolute Gasteiger partial charge is 0.326 e. The topological polar surface area (TPSA) is 75.4 Å². The molecule has 1 unspecified atom stereocenters. The molecule has 0 fully saturated rings. The van der Waals surface area contributed by atoms with Crippen LogP contribution in [0.2, 0.25) is 0 Å². The first-order chi connectivity index (χ1) is 10.8. The van der Waals surface area contributed by atoms with E-state index in [0.29, 0.717) is 22.6 Å². The van der Waals surface area contributed by atoms with Crippen LogP contribution in [0.4, 0.5) is 0 Å². The molecule has 2 aromatic heterocycles. The minimum Gasteiger partial charge on any atom is -0.480 e. The van der Waals surface area contributed by atoms with E-state index in [2.05, 4.69) is 9.88 Å². The van der Waals surface area contributed by atoms with Gasteiger partial charge >= 0.3 is 5.97 Å². The average molecular weight is 337 g/mol. The van der Waals surface area contributed by atoms with Gasteiger partial charge in [0, 0.05) is 4.88 Å². The normalized spacial score (nSPS) is 13.0. The van der Waals surface area contributed by atoms with E-state index in [1.165, 1.54) is 22.8 Å². The van der Waals surface area contributed by atoms with Crippen molar-refractivity contribution in [3.05, 3.63) is 26.6 Å². The number of aliphatic carboxylic acids is 1. The summed E-state index contributed by atoms with van der Waals surface area (Å²) in [6.07, 6.45) is 0. The van der Waals surface area contributed by atoms with E-state index in [9.17, 15) is 14.7 Å². The molecule has 0 aliphatic rings. The van der Waals surface area contributed by atoms with Gasteiger partial charge in [-0.05, 0) is 39.4 Å². The highest BCUT2D eigenvalue weighted by atomic mass is 32.1. The maximum atomic E-state index is 12.9. The lowest BCUT2D eigenvalue weighted by molar-refractivity contribution is -0.140. The summed E-state index contributed by atoms with van der Waals surface area (Å²) >= 11 is 1.49. The molecule has 0 bridgehead atoms. The van der Waals surface area contributed by atoms with Gasteiger partial charge in [0.25, 0.3) is 5.56 Å². The molecule has 1 atom stereocenters. The first-order valence-corrected chi connectivity index (χ1v) is 8.59. The first kappa shape index (κ1) is 17.6. The number of aryl methyl sites for hydroxylation is 2. The summed E-state index contributed by atoms with van der Waals surface area (Å²) in [5, 5.41) is 9.93. The summed E-state index contributed by atoms with van der Waals surface area (Å²) in [5.74, 6) is -0.513. The van der Waals surface area contributed by atoms with Crippen molar-refractivity contribution in [2.75, 3.05) is 13.1 Å². The number of carboxylic acids is 1. The van der Waals surface area contributed by atoms with Crippen LogP contribution in [0.5, 0.6) is 0 Å². The van der Waals surface area contributed by atoms with E-state index >= 15 is 0 Å². The zero-order valence-corrected chi connectivity index (χ0v) is 15.0. The van der Waals surface area contributed by atoms with Crippen molar-refractivity contribution in [2.24, 2.45) is 0 Å². The van der Waals surface area contributed by atoms with Gasteiger partial charge in [0.15, 0.2) is 0 Å². The predicted molar refractivity (Wildman–Crippen MR) is 92.3 cm³/mol. The molecule has 0 aliphatic carbocycles. The third kappa shape index (κ3) is 3.16. The van der Waals surface area contributed by atoms with Crippen molar-refractivity contribution in [3.63, 3.8) is 0 Å². The summed E-state index contributed by atoms with van der Waals surface area (Å²) in [4.78, 5) is 32.9. The Balaban J connectivity index is 2.75. The van der Waals surface area contributed by atoms with Crippen LogP contribution in [-0.4, -0.2) is 38.6 Å². The van der Waals surface area contributed by atoms with Gasteiger partial charge in [-0.15, -0.1) is 11.3 Å². The summed E-state index contributed by atoms with van der Waals surface area (Å²) in [6.45, 7) is 11.5. The monoisotopic (exact) mass is 337 g/mol. The fourth-order valence-electron chi connectivity index (χ4n) is 2.62. The standard InChI is InChI=1S/C16H23N3O3S/c1-6-18(7-2)8-12-17-14-13(9(3)11(5)23-14)15(20)19(12)10(4)16(21)22/h10H,6-8H2,1-5H3,(H,21,22). The van der Waals surface area contributed by atoms with Crippen molar-refractivity contribution in [1.82, 2.24) is 14.5 Å². The van der Waals surface area contributed by atoms with E-state index in [4.69, 9.17) is 0 Å². The number of fused-ring (bicyclic) bond motifs is 1. The molecule has 1 N–H and O–H groups in total. The van der Waals surface area contributed by atoms with Gasteiger partial charge < -0.3 is 5.11 Å². The molecule has 2 heterocycles. The first-order valence-electron chi connectivity index (χ1n) is 7.78. The van der Waals surface area contributed by atoms with Crippen LogP contribution in [0, 0.1) is 13.8 Å². The van der Waals surface area contributed by atoms with Gasteiger partial charge in [0.1, 0.15) is 16.7 Å². The van der Waals surface area contributed by atoms with Crippen LogP contribution in [0.1, 0.15) is 43.1 Å². The van der Waals surface area contributed by atoms with Gasteiger partial charge in [-0.3, -0.25) is 14.3 Å². The molecule has 2 rings (SSSR count). The van der Waals surface area contributed by atoms with Gasteiger partial charge in [-0.2, -0.15) is 0 Å². The molecule has 2 aromatic rings. The molecule has 0 radical (unpaired) electrons. The van der Waals surface area contributed by atoms with Gasteiger partial charge in [0.2, 0.25) is 0 Å². The minimum atomic E-state index is -1.03. The molecule has 0 spiro atoms. The third-order valence-corrected chi connectivity index (χ3v) is 5.41. The Morgan fingerprint density at radius 3 is 2.48 bits per heavy atom. The highest BCUT2D eigenvalue weighted by Gasteiger charge is 2.24. The van der Waals surface area contributed by atoms with Crippen LogP contribution in [-0.2, 0) is 11.3 Å². The van der Waals surface area contributed by atoms with E-state index in [1.54, 1.807) is 0 Å². The van der Waals surface area contributed by atoms with Gasteiger partial charge in [-0.25, -0.2) is 9.78 Å². The van der Waals surface area contributed by atoms with E-state index < -0.39 is 12.0 Å². The predicted octanol–water partition coefficient (Wildman–Crippen LogP) is 2.56. The van der Waals surface area contributed by atoms with Gasteiger partial charge in [0.05, 0.1) is 11.9 Å². The molecule has 6 nitrogen and oxygen atoms in total. The summed E-state index contributed by atoms with van der Waals surface area (Å²) in [7, 11) is 0. The number of thiophene rings is 1. The lowest BCUT2D eigenvalue weighted by Gasteiger charge is -2.22. The zero-order valence-electron chi connectivity index (χ0n) is 14.2. The number of hydrogen-bond donors (Lipinski definition) is 1. The van der Waals surface area contributed by atoms with Crippen LogP contribution in [0.15, 0.2) is 4.79 Å². The molecule has 0 aromatic carbocycles. The Morgan fingerprint density at radius 1 is 1.35 bits per heavy atom. The largest absolute Gasteiger partial charge is 0.480 e. The Hall–Kier alpha value is -1.73. The summed E-state index contributed by atoms with van der Waals surface area (Å²) < 4.78 is 1.34. The molecule has 0 amide bonds. The molecule has 23 heavy (non-hydrogen) atoms. The van der Waals surface area contributed by atoms with E-state index in [0.717, 1.165) is 23.5 Å². The van der Waals surface area contributed by atoms with Crippen LogP contribution in [0.25, 0.3) is 10.2 Å². The molecule has 7 heteroatoms. The quantitative estimate of drug-likeness (QED) is 0.877. The number of carbonyl (C=O) groups is 1. The number of hydrogen-bond acceptors (Lipinski definition) is 5. The number of nitrogens with zero attached hydrogens (tertiary/aromatic N) is 3. The zero-order chi connectivity index (χ0) is 17.3. The fourth-order valence-corrected chi connectivity index (χ4v) is 3.66. The maximum Gasteiger partial charge on any atom is 0.326 e. The van der Waals surface area contributed by atoms with Crippen LogP contribution in [0.3, 0.4) is 0 Å². The SMILES string of the molecule is CCN(CC)Cc1nc2sc(C)c(C)c2c(=O)n1C(C)C(=O)O. The Morgan fingerprint density at radius 2 is 1.96 bits per heavy atom. The Bertz CT molecular complexity index is 790. The fraction of sp³-hybridized carbons (Fsp3) is 0.562. The summed E-state index contributed by atoms with van der Waals surface area (Å²) in [6, 6.07) is -0.940. The highest BCUT2D eigenvalue weighted by molar-refractivity contribution is 7.18. The lowest BCUT2D eigenvalue weighted by atomic mass is 10.2. The maximum absolute atomic E-state index is 12.9. The molecular weight excluding hydrogens is 314 g/mol. The second kappa shape index (κ2) is 6.80.